The fraction of sp³-hybridized carbons (Fsp3) is 0.235. The van der Waals surface area contributed by atoms with Gasteiger partial charge in [-0.3, -0.25) is 4.79 Å². The third-order valence-corrected chi connectivity index (χ3v) is 3.00. The molecule has 2 aromatic carbocycles. The molecule has 0 fully saturated rings. The number of carbonyl (C=O) groups excluding carboxylic acids is 1. The van der Waals surface area contributed by atoms with Gasteiger partial charge in [-0.2, -0.15) is 0 Å². The lowest BCUT2D eigenvalue weighted by Crippen LogP contribution is -2.21. The Balaban J connectivity index is 1.89. The summed E-state index contributed by atoms with van der Waals surface area (Å²) in [5.41, 5.74) is 1.51. The average molecular weight is 319 g/mol. The average Bonchev–Trinajstić information content (AvgIpc) is 2.45. The van der Waals surface area contributed by atoms with Gasteiger partial charge in [0.1, 0.15) is 5.75 Å². The van der Waals surface area contributed by atoms with E-state index in [0.717, 1.165) is 11.4 Å². The summed E-state index contributed by atoms with van der Waals surface area (Å²) in [6.45, 7) is 4.08. The van der Waals surface area contributed by atoms with Crippen molar-refractivity contribution in [1.82, 2.24) is 0 Å². The van der Waals surface area contributed by atoms with E-state index in [1.807, 2.05) is 44.2 Å². The summed E-state index contributed by atoms with van der Waals surface area (Å²) in [5, 5.41) is 6.48. The van der Waals surface area contributed by atoms with Gasteiger partial charge in [0.15, 0.2) is 0 Å². The normalized spacial score (nSPS) is 10.4. The minimum Gasteiger partial charge on any atom is -0.491 e. The monoisotopic (exact) mass is 318 g/mol. The van der Waals surface area contributed by atoms with Gasteiger partial charge < -0.3 is 15.4 Å². The van der Waals surface area contributed by atoms with Crippen LogP contribution in [-0.4, -0.2) is 18.6 Å². The maximum Gasteiger partial charge on any atom is 0.243 e. The van der Waals surface area contributed by atoms with E-state index in [1.54, 1.807) is 18.2 Å². The number of hydrogen-bond acceptors (Lipinski definition) is 3. The van der Waals surface area contributed by atoms with E-state index >= 15 is 0 Å². The molecule has 2 N–H and O–H groups in total. The number of rotatable bonds is 6. The first kappa shape index (κ1) is 16.2. The van der Waals surface area contributed by atoms with Crippen LogP contribution in [0.25, 0.3) is 0 Å². The van der Waals surface area contributed by atoms with E-state index in [2.05, 4.69) is 10.6 Å². The summed E-state index contributed by atoms with van der Waals surface area (Å²) in [5.74, 6) is 0.595. The van der Waals surface area contributed by atoms with E-state index in [9.17, 15) is 4.79 Å². The summed E-state index contributed by atoms with van der Waals surface area (Å²) in [7, 11) is 0. The van der Waals surface area contributed by atoms with E-state index < -0.39 is 0 Å². The first-order valence-electron chi connectivity index (χ1n) is 7.09. The van der Waals surface area contributed by atoms with Crippen molar-refractivity contribution in [3.05, 3.63) is 53.6 Å². The SMILES string of the molecule is CC(C)Oc1cccc(NC(=O)CNc2cccc(Cl)c2)c1. The Morgan fingerprint density at radius 2 is 1.86 bits per heavy atom. The second kappa shape index (κ2) is 7.71. The van der Waals surface area contributed by atoms with Crippen molar-refractivity contribution in [1.29, 1.82) is 0 Å². The Morgan fingerprint density at radius 3 is 2.59 bits per heavy atom. The third kappa shape index (κ3) is 5.30. The topological polar surface area (TPSA) is 50.4 Å². The predicted molar refractivity (Wildman–Crippen MR) is 90.8 cm³/mol. The zero-order chi connectivity index (χ0) is 15.9. The third-order valence-electron chi connectivity index (χ3n) is 2.77. The van der Waals surface area contributed by atoms with Crippen LogP contribution in [-0.2, 0) is 4.79 Å². The van der Waals surface area contributed by atoms with Crippen LogP contribution in [0.3, 0.4) is 0 Å². The summed E-state index contributed by atoms with van der Waals surface area (Å²) in [6, 6.07) is 14.6. The summed E-state index contributed by atoms with van der Waals surface area (Å²) in [4.78, 5) is 12.0. The van der Waals surface area contributed by atoms with Crippen molar-refractivity contribution >= 4 is 28.9 Å². The number of halogens is 1. The molecule has 0 spiro atoms. The number of nitrogens with one attached hydrogen (secondary N) is 2. The molecule has 4 nitrogen and oxygen atoms in total. The van der Waals surface area contributed by atoms with Crippen LogP contribution < -0.4 is 15.4 Å². The van der Waals surface area contributed by atoms with Crippen LogP contribution in [0.1, 0.15) is 13.8 Å². The number of benzene rings is 2. The lowest BCUT2D eigenvalue weighted by molar-refractivity contribution is -0.114. The minimum absolute atomic E-state index is 0.0930. The zero-order valence-corrected chi connectivity index (χ0v) is 13.4. The fourth-order valence-electron chi connectivity index (χ4n) is 1.91. The van der Waals surface area contributed by atoms with Crippen LogP contribution in [0.4, 0.5) is 11.4 Å². The second-order valence-electron chi connectivity index (χ2n) is 5.11. The molecular weight excluding hydrogens is 300 g/mol. The Hall–Kier alpha value is -2.20. The molecule has 5 heteroatoms. The highest BCUT2D eigenvalue weighted by molar-refractivity contribution is 6.30. The molecule has 2 aromatic rings. The van der Waals surface area contributed by atoms with Crippen LogP contribution in [0.15, 0.2) is 48.5 Å². The second-order valence-corrected chi connectivity index (χ2v) is 5.54. The van der Waals surface area contributed by atoms with Crippen molar-refractivity contribution in [3.63, 3.8) is 0 Å². The zero-order valence-electron chi connectivity index (χ0n) is 12.6. The van der Waals surface area contributed by atoms with Gasteiger partial charge in [-0.25, -0.2) is 0 Å². The van der Waals surface area contributed by atoms with Gasteiger partial charge in [0.2, 0.25) is 5.91 Å². The first-order valence-corrected chi connectivity index (χ1v) is 7.47. The van der Waals surface area contributed by atoms with Crippen LogP contribution in [0, 0.1) is 0 Å². The maximum atomic E-state index is 12.0. The molecule has 0 aliphatic rings. The molecule has 1 amide bonds. The number of carbonyl (C=O) groups is 1. The molecule has 0 unspecified atom stereocenters. The van der Waals surface area contributed by atoms with Gasteiger partial charge in [0.25, 0.3) is 0 Å². The van der Waals surface area contributed by atoms with E-state index in [1.165, 1.54) is 0 Å². The first-order chi connectivity index (χ1) is 10.5. The van der Waals surface area contributed by atoms with E-state index in [-0.39, 0.29) is 18.6 Å². The van der Waals surface area contributed by atoms with Gasteiger partial charge in [-0.15, -0.1) is 0 Å². The largest absolute Gasteiger partial charge is 0.491 e. The number of ether oxygens (including phenoxy) is 1. The summed E-state index contributed by atoms with van der Waals surface area (Å²) < 4.78 is 5.60. The highest BCUT2D eigenvalue weighted by atomic mass is 35.5. The highest BCUT2D eigenvalue weighted by Gasteiger charge is 2.04. The molecule has 22 heavy (non-hydrogen) atoms. The molecule has 0 bridgehead atoms. The van der Waals surface area contributed by atoms with Crippen LogP contribution in [0.2, 0.25) is 5.02 Å². The number of anilines is 2. The Bertz CT molecular complexity index is 644. The lowest BCUT2D eigenvalue weighted by atomic mass is 10.3. The number of amides is 1. The Kier molecular flexibility index (Phi) is 5.67. The van der Waals surface area contributed by atoms with Gasteiger partial charge >= 0.3 is 0 Å². The van der Waals surface area contributed by atoms with E-state index in [0.29, 0.717) is 10.7 Å². The molecule has 0 aliphatic carbocycles. The summed E-state index contributed by atoms with van der Waals surface area (Å²) in [6.07, 6.45) is 0.0930. The molecular formula is C17H19ClN2O2. The van der Waals surface area contributed by atoms with Crippen molar-refractivity contribution in [3.8, 4) is 5.75 Å². The van der Waals surface area contributed by atoms with Crippen LogP contribution in [0.5, 0.6) is 5.75 Å². The quantitative estimate of drug-likeness (QED) is 0.840. The number of hydrogen-bond donors (Lipinski definition) is 2. The fourth-order valence-corrected chi connectivity index (χ4v) is 2.10. The lowest BCUT2D eigenvalue weighted by Gasteiger charge is -2.12. The Morgan fingerprint density at radius 1 is 1.14 bits per heavy atom. The van der Waals surface area contributed by atoms with Crippen molar-refractivity contribution in [2.45, 2.75) is 20.0 Å². The smallest absolute Gasteiger partial charge is 0.243 e. The predicted octanol–water partition coefficient (Wildman–Crippen LogP) is 4.18. The van der Waals surface area contributed by atoms with Crippen molar-refractivity contribution in [2.75, 3.05) is 17.2 Å². The summed E-state index contributed by atoms with van der Waals surface area (Å²) >= 11 is 5.89. The highest BCUT2D eigenvalue weighted by Crippen LogP contribution is 2.19. The molecule has 0 saturated heterocycles. The van der Waals surface area contributed by atoms with Crippen molar-refractivity contribution < 1.29 is 9.53 Å². The Labute approximate surface area is 135 Å². The molecule has 0 atom stereocenters. The molecule has 0 aromatic heterocycles. The van der Waals surface area contributed by atoms with Crippen LogP contribution >= 0.6 is 11.6 Å². The van der Waals surface area contributed by atoms with Crippen molar-refractivity contribution in [2.24, 2.45) is 0 Å². The molecule has 0 heterocycles. The van der Waals surface area contributed by atoms with E-state index in [4.69, 9.17) is 16.3 Å². The molecule has 116 valence electrons. The maximum absolute atomic E-state index is 12.0. The van der Waals surface area contributed by atoms with Gasteiger partial charge in [0, 0.05) is 22.5 Å². The minimum atomic E-state index is -0.137. The molecule has 2 rings (SSSR count). The van der Waals surface area contributed by atoms with Gasteiger partial charge in [0.05, 0.1) is 12.6 Å². The molecule has 0 radical (unpaired) electrons. The molecule has 0 aliphatic heterocycles. The van der Waals surface area contributed by atoms with Gasteiger partial charge in [-0.05, 0) is 44.2 Å². The molecule has 0 saturated carbocycles. The van der Waals surface area contributed by atoms with Gasteiger partial charge in [-0.1, -0.05) is 23.7 Å². The standard InChI is InChI=1S/C17H19ClN2O2/c1-12(2)22-16-8-4-7-15(10-16)20-17(21)11-19-14-6-3-5-13(18)9-14/h3-10,12,19H,11H2,1-2H3,(H,20,21).